The van der Waals surface area contributed by atoms with E-state index in [2.05, 4.69) is 5.48 Å². The number of carbonyl (C=O) groups is 1. The van der Waals surface area contributed by atoms with Crippen molar-refractivity contribution < 1.29 is 19.5 Å². The fourth-order valence-corrected chi connectivity index (χ4v) is 1.97. The van der Waals surface area contributed by atoms with Gasteiger partial charge in [-0.15, -0.1) is 0 Å². The molecule has 2 rings (SSSR count). The Morgan fingerprint density at radius 2 is 1.74 bits per heavy atom. The monoisotopic (exact) mass is 315 g/mol. The lowest BCUT2D eigenvalue weighted by atomic mass is 10.1. The van der Waals surface area contributed by atoms with Gasteiger partial charge in [0, 0.05) is 5.56 Å². The van der Waals surface area contributed by atoms with Crippen LogP contribution in [0, 0.1) is 0 Å². The van der Waals surface area contributed by atoms with E-state index in [9.17, 15) is 4.79 Å². The summed E-state index contributed by atoms with van der Waals surface area (Å²) in [5, 5.41) is 9.06. The fraction of sp³-hybridized carbons (Fsp3) is 0.278. The Morgan fingerprint density at radius 3 is 2.35 bits per heavy atom. The van der Waals surface area contributed by atoms with Crippen LogP contribution in [0.5, 0.6) is 5.75 Å². The zero-order valence-corrected chi connectivity index (χ0v) is 13.2. The van der Waals surface area contributed by atoms with Gasteiger partial charge < -0.3 is 9.84 Å². The summed E-state index contributed by atoms with van der Waals surface area (Å²) in [7, 11) is 0. The van der Waals surface area contributed by atoms with Crippen LogP contribution in [0.2, 0.25) is 0 Å². The fourth-order valence-electron chi connectivity index (χ4n) is 1.97. The van der Waals surface area contributed by atoms with Crippen molar-refractivity contribution in [2.24, 2.45) is 0 Å². The average molecular weight is 315 g/mol. The number of nitrogens with one attached hydrogen (secondary N) is 1. The molecule has 5 heteroatoms. The van der Waals surface area contributed by atoms with E-state index >= 15 is 0 Å². The van der Waals surface area contributed by atoms with E-state index in [0.717, 1.165) is 5.56 Å². The van der Waals surface area contributed by atoms with Crippen LogP contribution in [-0.2, 0) is 4.84 Å². The zero-order valence-electron chi connectivity index (χ0n) is 13.2. The van der Waals surface area contributed by atoms with Gasteiger partial charge >= 0.3 is 0 Å². The molecule has 0 bridgehead atoms. The van der Waals surface area contributed by atoms with Gasteiger partial charge in [0.25, 0.3) is 5.91 Å². The van der Waals surface area contributed by atoms with Gasteiger partial charge in [0.1, 0.15) is 18.5 Å². The lowest BCUT2D eigenvalue weighted by Crippen LogP contribution is -2.27. The van der Waals surface area contributed by atoms with Crippen molar-refractivity contribution in [3.05, 3.63) is 65.7 Å². The molecule has 0 saturated carbocycles. The second kappa shape index (κ2) is 8.31. The average Bonchev–Trinajstić information content (AvgIpc) is 2.56. The molecule has 2 N–H and O–H groups in total. The van der Waals surface area contributed by atoms with Gasteiger partial charge in [-0.25, -0.2) is 5.48 Å². The number of hydrogen-bond donors (Lipinski definition) is 2. The molecule has 23 heavy (non-hydrogen) atoms. The predicted octanol–water partition coefficient (Wildman–Crippen LogP) is 2.87. The first-order valence-corrected chi connectivity index (χ1v) is 7.48. The molecule has 0 fully saturated rings. The molecule has 0 radical (unpaired) electrons. The third kappa shape index (κ3) is 5.39. The molecule has 0 spiro atoms. The highest BCUT2D eigenvalue weighted by atomic mass is 16.7. The maximum atomic E-state index is 11.8. The van der Waals surface area contributed by atoms with Crippen molar-refractivity contribution in [3.63, 3.8) is 0 Å². The minimum atomic E-state index is -0.634. The van der Waals surface area contributed by atoms with Gasteiger partial charge in [-0.2, -0.15) is 0 Å². The molecular formula is C18H21NO4. The van der Waals surface area contributed by atoms with Crippen LogP contribution < -0.4 is 10.2 Å². The second-order valence-corrected chi connectivity index (χ2v) is 5.29. The largest absolute Gasteiger partial charge is 0.486 e. The van der Waals surface area contributed by atoms with E-state index in [-0.39, 0.29) is 18.6 Å². The Bertz CT molecular complexity index is 611. The maximum absolute atomic E-state index is 11.8. The molecule has 2 aromatic carbocycles. The summed E-state index contributed by atoms with van der Waals surface area (Å²) in [4.78, 5) is 16.7. The van der Waals surface area contributed by atoms with Crippen LogP contribution in [0.3, 0.4) is 0 Å². The summed E-state index contributed by atoms with van der Waals surface area (Å²) < 4.78 is 5.85. The second-order valence-electron chi connectivity index (χ2n) is 5.29. The van der Waals surface area contributed by atoms with Crippen LogP contribution in [-0.4, -0.2) is 23.7 Å². The first-order valence-electron chi connectivity index (χ1n) is 7.48. The summed E-state index contributed by atoms with van der Waals surface area (Å²) in [5.74, 6) is 0.316. The summed E-state index contributed by atoms with van der Waals surface area (Å²) in [6.45, 7) is 3.59. The molecule has 0 aromatic heterocycles. The molecule has 0 aliphatic heterocycles. The van der Waals surface area contributed by atoms with Crippen molar-refractivity contribution in [2.75, 3.05) is 6.61 Å². The highest BCUT2D eigenvalue weighted by Gasteiger charge is 2.09. The molecule has 5 nitrogen and oxygen atoms in total. The summed E-state index contributed by atoms with van der Waals surface area (Å²) in [5.41, 5.74) is 3.81. The van der Waals surface area contributed by atoms with Gasteiger partial charge in [-0.05, 0) is 43.7 Å². The molecule has 122 valence electrons. The maximum Gasteiger partial charge on any atom is 0.274 e. The van der Waals surface area contributed by atoms with Gasteiger partial charge in [0.05, 0.1) is 6.10 Å². The van der Waals surface area contributed by atoms with E-state index < -0.39 is 6.10 Å². The van der Waals surface area contributed by atoms with Gasteiger partial charge in [-0.1, -0.05) is 30.3 Å². The molecular weight excluding hydrogens is 294 g/mol. The minimum Gasteiger partial charge on any atom is -0.486 e. The van der Waals surface area contributed by atoms with Crippen LogP contribution in [0.4, 0.5) is 0 Å². The minimum absolute atomic E-state index is 0.0432. The Hall–Kier alpha value is -2.37. The Kier molecular flexibility index (Phi) is 6.14. The van der Waals surface area contributed by atoms with Crippen molar-refractivity contribution >= 4 is 5.91 Å². The number of carbonyl (C=O) groups excluding carboxylic acids is 1. The molecule has 0 heterocycles. The number of hydrogen-bond acceptors (Lipinski definition) is 4. The number of benzene rings is 2. The van der Waals surface area contributed by atoms with Crippen molar-refractivity contribution in [1.82, 2.24) is 5.48 Å². The molecule has 0 aliphatic carbocycles. The molecule has 0 aliphatic rings. The van der Waals surface area contributed by atoms with Crippen molar-refractivity contribution in [2.45, 2.75) is 26.1 Å². The van der Waals surface area contributed by atoms with Crippen LogP contribution >= 0.6 is 0 Å². The smallest absolute Gasteiger partial charge is 0.274 e. The lowest BCUT2D eigenvalue weighted by molar-refractivity contribution is -0.00687. The summed E-state index contributed by atoms with van der Waals surface area (Å²) >= 11 is 0. The van der Waals surface area contributed by atoms with Crippen LogP contribution in [0.15, 0.2) is 54.6 Å². The third-order valence-corrected chi connectivity index (χ3v) is 3.19. The van der Waals surface area contributed by atoms with Crippen LogP contribution in [0.25, 0.3) is 0 Å². The first kappa shape index (κ1) is 17.0. The van der Waals surface area contributed by atoms with Crippen LogP contribution in [0.1, 0.15) is 35.9 Å². The normalized spacial score (nSPS) is 13.2. The standard InChI is InChI=1S/C18H21NO4/c1-13(20)12-22-19-18(21)16-8-10-17(11-9-16)23-14(2)15-6-4-3-5-7-15/h3-11,13-14,20H,12H2,1-2H3,(H,19,21). The SMILES string of the molecule is CC(O)CONC(=O)c1ccc(OC(C)c2ccccc2)cc1. The van der Waals surface area contributed by atoms with Gasteiger partial charge in [-0.3, -0.25) is 9.63 Å². The number of amides is 1. The molecule has 2 aromatic rings. The Morgan fingerprint density at radius 1 is 1.09 bits per heavy atom. The Balaban J connectivity index is 1.90. The van der Waals surface area contributed by atoms with E-state index in [0.29, 0.717) is 11.3 Å². The Labute approximate surface area is 135 Å². The van der Waals surface area contributed by atoms with E-state index in [1.807, 2.05) is 37.3 Å². The highest BCUT2D eigenvalue weighted by molar-refractivity contribution is 5.93. The molecule has 2 atom stereocenters. The zero-order chi connectivity index (χ0) is 16.7. The summed E-state index contributed by atoms with van der Waals surface area (Å²) in [6.07, 6.45) is -0.712. The number of aliphatic hydroxyl groups excluding tert-OH is 1. The summed E-state index contributed by atoms with van der Waals surface area (Å²) in [6, 6.07) is 16.7. The number of aliphatic hydroxyl groups is 1. The van der Waals surface area contributed by atoms with Crippen molar-refractivity contribution in [1.29, 1.82) is 0 Å². The predicted molar refractivity (Wildman–Crippen MR) is 87.0 cm³/mol. The third-order valence-electron chi connectivity index (χ3n) is 3.19. The molecule has 1 amide bonds. The molecule has 0 saturated heterocycles. The number of rotatable bonds is 7. The van der Waals surface area contributed by atoms with Crippen molar-refractivity contribution in [3.8, 4) is 5.75 Å². The quantitative estimate of drug-likeness (QED) is 0.771. The van der Waals surface area contributed by atoms with E-state index in [1.54, 1.807) is 31.2 Å². The van der Waals surface area contributed by atoms with E-state index in [1.165, 1.54) is 0 Å². The van der Waals surface area contributed by atoms with Gasteiger partial charge in [0.2, 0.25) is 0 Å². The number of ether oxygens (including phenoxy) is 1. The first-order chi connectivity index (χ1) is 11.1. The van der Waals surface area contributed by atoms with E-state index in [4.69, 9.17) is 14.7 Å². The molecule has 2 unspecified atom stereocenters. The lowest BCUT2D eigenvalue weighted by Gasteiger charge is -2.15. The highest BCUT2D eigenvalue weighted by Crippen LogP contribution is 2.21. The number of hydroxylamine groups is 1. The topological polar surface area (TPSA) is 67.8 Å². The van der Waals surface area contributed by atoms with Gasteiger partial charge in [0.15, 0.2) is 0 Å².